The maximum atomic E-state index is 13.0. The SMILES string of the molecule is CCCCC/C=C\C/C=C\C/C=C\C/C=C\CCCC[P@](=O)(F)OC. The second-order valence-corrected chi connectivity index (χ2v) is 8.07. The topological polar surface area (TPSA) is 26.3 Å². The molecular formula is C21H36FO2P. The number of unbranched alkanes of at least 4 members (excludes halogenated alkanes) is 5. The summed E-state index contributed by atoms with van der Waals surface area (Å²) in [6, 6.07) is 0. The number of allylic oxidation sites excluding steroid dienone is 8. The van der Waals surface area contributed by atoms with Crippen molar-refractivity contribution in [3.63, 3.8) is 0 Å². The normalized spacial score (nSPS) is 15.2. The minimum atomic E-state index is -3.81. The first-order chi connectivity index (χ1) is 12.1. The molecule has 0 spiro atoms. The molecule has 0 aromatic carbocycles. The van der Waals surface area contributed by atoms with E-state index in [4.69, 9.17) is 0 Å². The van der Waals surface area contributed by atoms with Gasteiger partial charge in [-0.25, -0.2) is 0 Å². The van der Waals surface area contributed by atoms with Crippen LogP contribution >= 0.6 is 7.68 Å². The minimum absolute atomic E-state index is 0.0253. The Balaban J connectivity index is 3.47. The van der Waals surface area contributed by atoms with Gasteiger partial charge in [-0.2, -0.15) is 4.20 Å². The average molecular weight is 370 g/mol. The van der Waals surface area contributed by atoms with Crippen LogP contribution in [0.3, 0.4) is 0 Å². The third-order valence-electron chi connectivity index (χ3n) is 3.78. The van der Waals surface area contributed by atoms with Gasteiger partial charge < -0.3 is 4.52 Å². The Morgan fingerprint density at radius 1 is 0.760 bits per heavy atom. The molecule has 0 rings (SSSR count). The Labute approximate surface area is 154 Å². The largest absolute Gasteiger partial charge is 0.367 e. The fourth-order valence-electron chi connectivity index (χ4n) is 2.22. The maximum absolute atomic E-state index is 13.0. The molecule has 0 aliphatic heterocycles. The summed E-state index contributed by atoms with van der Waals surface area (Å²) in [4.78, 5) is 0. The van der Waals surface area contributed by atoms with E-state index >= 15 is 0 Å². The van der Waals surface area contributed by atoms with E-state index in [9.17, 15) is 8.76 Å². The van der Waals surface area contributed by atoms with Gasteiger partial charge in [-0.1, -0.05) is 68.4 Å². The first-order valence-corrected chi connectivity index (χ1v) is 11.3. The summed E-state index contributed by atoms with van der Waals surface area (Å²) in [6.07, 6.45) is 27.8. The molecule has 2 nitrogen and oxygen atoms in total. The molecule has 0 radical (unpaired) electrons. The summed E-state index contributed by atoms with van der Waals surface area (Å²) in [7, 11) is -2.65. The van der Waals surface area contributed by atoms with Gasteiger partial charge in [-0.3, -0.25) is 4.57 Å². The van der Waals surface area contributed by atoms with Crippen LogP contribution in [0.4, 0.5) is 4.20 Å². The van der Waals surface area contributed by atoms with Gasteiger partial charge in [0.25, 0.3) is 0 Å². The summed E-state index contributed by atoms with van der Waals surface area (Å²) >= 11 is 0. The summed E-state index contributed by atoms with van der Waals surface area (Å²) < 4.78 is 28.4. The van der Waals surface area contributed by atoms with Gasteiger partial charge in [0.05, 0.1) is 6.16 Å². The van der Waals surface area contributed by atoms with Crippen molar-refractivity contribution in [2.45, 2.75) is 71.1 Å². The Hall–Kier alpha value is -0.920. The van der Waals surface area contributed by atoms with Crippen LogP contribution in [-0.2, 0) is 9.09 Å². The first-order valence-electron chi connectivity index (χ1n) is 9.57. The zero-order chi connectivity index (χ0) is 18.6. The van der Waals surface area contributed by atoms with E-state index in [0.717, 1.165) is 39.2 Å². The highest BCUT2D eigenvalue weighted by atomic mass is 31.2. The lowest BCUT2D eigenvalue weighted by Gasteiger charge is -2.04. The molecule has 1 atom stereocenters. The molecule has 0 saturated heterocycles. The summed E-state index contributed by atoms with van der Waals surface area (Å²) in [5.41, 5.74) is 0. The van der Waals surface area contributed by atoms with Crippen LogP contribution in [0.5, 0.6) is 0 Å². The summed E-state index contributed by atoms with van der Waals surface area (Å²) in [5.74, 6) is 0. The Kier molecular flexibility index (Phi) is 17.2. The highest BCUT2D eigenvalue weighted by molar-refractivity contribution is 7.53. The third kappa shape index (κ3) is 19.3. The van der Waals surface area contributed by atoms with Crippen LogP contribution in [-0.4, -0.2) is 13.3 Å². The predicted octanol–water partition coefficient (Wildman–Crippen LogP) is 7.94. The van der Waals surface area contributed by atoms with Crippen molar-refractivity contribution in [3.8, 4) is 0 Å². The van der Waals surface area contributed by atoms with Gasteiger partial charge in [-0.05, 0) is 51.4 Å². The Bertz CT molecular complexity index is 453. The van der Waals surface area contributed by atoms with Crippen molar-refractivity contribution in [2.75, 3.05) is 13.3 Å². The lowest BCUT2D eigenvalue weighted by Crippen LogP contribution is -1.87. The molecule has 4 heteroatoms. The lowest BCUT2D eigenvalue weighted by molar-refractivity contribution is 0.354. The van der Waals surface area contributed by atoms with E-state index in [0.29, 0.717) is 6.42 Å². The fraction of sp³-hybridized carbons (Fsp3) is 0.619. The summed E-state index contributed by atoms with van der Waals surface area (Å²) in [6.45, 7) is 2.23. The predicted molar refractivity (Wildman–Crippen MR) is 109 cm³/mol. The molecule has 0 unspecified atom stereocenters. The Morgan fingerprint density at radius 2 is 1.20 bits per heavy atom. The second kappa shape index (κ2) is 17.9. The van der Waals surface area contributed by atoms with Crippen molar-refractivity contribution in [3.05, 3.63) is 48.6 Å². The molecule has 0 fully saturated rings. The molecule has 0 amide bonds. The monoisotopic (exact) mass is 370 g/mol. The van der Waals surface area contributed by atoms with Gasteiger partial charge in [0, 0.05) is 7.11 Å². The number of halogens is 1. The first kappa shape index (κ1) is 24.1. The van der Waals surface area contributed by atoms with Crippen molar-refractivity contribution in [2.24, 2.45) is 0 Å². The van der Waals surface area contributed by atoms with Crippen molar-refractivity contribution >= 4 is 7.68 Å². The molecular weight excluding hydrogens is 334 g/mol. The van der Waals surface area contributed by atoms with E-state index in [1.54, 1.807) is 0 Å². The number of rotatable bonds is 16. The van der Waals surface area contributed by atoms with Crippen molar-refractivity contribution in [1.82, 2.24) is 0 Å². The second-order valence-electron chi connectivity index (χ2n) is 6.08. The highest BCUT2D eigenvalue weighted by Gasteiger charge is 2.18. The summed E-state index contributed by atoms with van der Waals surface area (Å²) in [5, 5.41) is 0. The van der Waals surface area contributed by atoms with Gasteiger partial charge >= 0.3 is 7.68 Å². The molecule has 0 saturated carbocycles. The van der Waals surface area contributed by atoms with Crippen molar-refractivity contribution in [1.29, 1.82) is 0 Å². The van der Waals surface area contributed by atoms with Gasteiger partial charge in [-0.15, -0.1) is 0 Å². The quantitative estimate of drug-likeness (QED) is 0.157. The highest BCUT2D eigenvalue weighted by Crippen LogP contribution is 2.48. The Morgan fingerprint density at radius 3 is 1.64 bits per heavy atom. The van der Waals surface area contributed by atoms with Crippen LogP contribution in [0.2, 0.25) is 0 Å². The smallest absolute Gasteiger partial charge is 0.309 e. The van der Waals surface area contributed by atoms with Crippen LogP contribution in [0.1, 0.15) is 71.1 Å². The molecule has 0 aromatic rings. The molecule has 0 aliphatic carbocycles. The van der Waals surface area contributed by atoms with Crippen LogP contribution < -0.4 is 0 Å². The average Bonchev–Trinajstić information content (AvgIpc) is 2.60. The van der Waals surface area contributed by atoms with E-state index in [1.165, 1.54) is 25.7 Å². The molecule has 0 N–H and O–H groups in total. The van der Waals surface area contributed by atoms with Crippen LogP contribution in [0.25, 0.3) is 0 Å². The lowest BCUT2D eigenvalue weighted by atomic mass is 10.2. The van der Waals surface area contributed by atoms with E-state index < -0.39 is 7.68 Å². The van der Waals surface area contributed by atoms with Gasteiger partial charge in [0.2, 0.25) is 0 Å². The maximum Gasteiger partial charge on any atom is 0.367 e. The van der Waals surface area contributed by atoms with Gasteiger partial charge in [0.1, 0.15) is 0 Å². The van der Waals surface area contributed by atoms with E-state index in [-0.39, 0.29) is 6.16 Å². The zero-order valence-corrected chi connectivity index (χ0v) is 16.9. The molecule has 0 aromatic heterocycles. The third-order valence-corrected chi connectivity index (χ3v) is 5.17. The van der Waals surface area contributed by atoms with E-state index in [2.05, 4.69) is 60.1 Å². The molecule has 144 valence electrons. The fourth-order valence-corrected chi connectivity index (χ4v) is 3.00. The minimum Gasteiger partial charge on any atom is -0.309 e. The number of hydrogen-bond donors (Lipinski definition) is 0. The molecule has 0 bridgehead atoms. The van der Waals surface area contributed by atoms with Crippen molar-refractivity contribution < 1.29 is 13.3 Å². The van der Waals surface area contributed by atoms with Crippen LogP contribution in [0.15, 0.2) is 48.6 Å². The molecule has 0 aliphatic rings. The van der Waals surface area contributed by atoms with Crippen LogP contribution in [0, 0.1) is 0 Å². The number of hydrogen-bond acceptors (Lipinski definition) is 2. The molecule has 25 heavy (non-hydrogen) atoms. The molecule has 0 heterocycles. The van der Waals surface area contributed by atoms with E-state index in [1.807, 2.05) is 0 Å². The standard InChI is InChI=1S/C21H36FO2P/c1-3-4-5-6-7-8-9-10-11-12-13-14-15-16-17-18-19-20-21-25(22,23)24-2/h7-8,10-11,13-14,16-17H,3-6,9,12,15,18-21H2,1-2H3/b8-7-,11-10-,14-13-,17-16-/t25-/m1/s1. The van der Waals surface area contributed by atoms with Gasteiger partial charge in [0.15, 0.2) is 0 Å². The zero-order valence-electron chi connectivity index (χ0n) is 16.0.